The second-order valence-corrected chi connectivity index (χ2v) is 3.32. The van der Waals surface area contributed by atoms with Crippen molar-refractivity contribution >= 4 is 5.91 Å². The third-order valence-electron chi connectivity index (χ3n) is 2.39. The van der Waals surface area contributed by atoms with Gasteiger partial charge in [0.05, 0.1) is 0 Å². The van der Waals surface area contributed by atoms with E-state index in [2.05, 4.69) is 5.73 Å². The van der Waals surface area contributed by atoms with E-state index in [-0.39, 0.29) is 0 Å². The van der Waals surface area contributed by atoms with Gasteiger partial charge in [-0.25, -0.2) is 4.39 Å². The van der Waals surface area contributed by atoms with Gasteiger partial charge in [0.25, 0.3) is 5.91 Å². The maximum atomic E-state index is 13.0. The molecule has 1 fully saturated rings. The molecule has 0 unspecified atom stereocenters. The lowest BCUT2D eigenvalue weighted by Crippen LogP contribution is -2.62. The van der Waals surface area contributed by atoms with Gasteiger partial charge in [-0.05, 0) is 0 Å². The third-order valence-corrected chi connectivity index (χ3v) is 2.39. The lowest BCUT2D eigenvalue weighted by atomic mass is 9.96. The van der Waals surface area contributed by atoms with Gasteiger partial charge in [0.1, 0.15) is 0 Å². The molecule has 1 rings (SSSR count). The number of nitrogens with two attached hydrogens (primary N) is 1. The quantitative estimate of drug-likeness (QED) is 0.728. The number of amides is 1. The smallest absolute Gasteiger partial charge is 0.366 e. The molecule has 0 radical (unpaired) electrons. The number of carbonyl (C=O) groups excluding carboxylic acids is 1. The summed E-state index contributed by atoms with van der Waals surface area (Å²) < 4.78 is 113. The number of hydrogen-bond acceptors (Lipinski definition) is 1. The van der Waals surface area contributed by atoms with Crippen LogP contribution in [0.4, 0.5) is 39.5 Å². The first-order chi connectivity index (χ1) is 7.19. The molecule has 17 heavy (non-hydrogen) atoms. The van der Waals surface area contributed by atoms with Crippen LogP contribution in [0.15, 0.2) is 0 Å². The third kappa shape index (κ3) is 0.985. The van der Waals surface area contributed by atoms with E-state index in [1.807, 2.05) is 0 Å². The fourth-order valence-electron chi connectivity index (χ4n) is 1.33. The molecule has 11 heteroatoms. The largest absolute Gasteiger partial charge is 0.382 e. The van der Waals surface area contributed by atoms with Gasteiger partial charge >= 0.3 is 29.4 Å². The number of halogens is 9. The average Bonchev–Trinajstić information content (AvgIpc) is 2.17. The number of rotatable bonds is 1. The van der Waals surface area contributed by atoms with E-state index in [1.165, 1.54) is 0 Å². The van der Waals surface area contributed by atoms with Crippen LogP contribution in [-0.4, -0.2) is 35.3 Å². The molecular formula is C6H2F9NO. The Bertz CT molecular complexity index is 350. The summed E-state index contributed by atoms with van der Waals surface area (Å²) in [6, 6.07) is 0. The Morgan fingerprint density at radius 2 is 0.882 bits per heavy atom. The van der Waals surface area contributed by atoms with Crippen molar-refractivity contribution in [1.82, 2.24) is 0 Å². The number of alkyl halides is 9. The highest BCUT2D eigenvalue weighted by Crippen LogP contribution is 2.68. The van der Waals surface area contributed by atoms with Gasteiger partial charge in [-0.2, -0.15) is 35.1 Å². The van der Waals surface area contributed by atoms with Crippen LogP contribution < -0.4 is 5.73 Å². The van der Waals surface area contributed by atoms with Crippen LogP contribution in [0.25, 0.3) is 0 Å². The summed E-state index contributed by atoms with van der Waals surface area (Å²) in [6.07, 6.45) is 0. The van der Waals surface area contributed by atoms with Crippen molar-refractivity contribution in [1.29, 1.82) is 0 Å². The summed E-state index contributed by atoms with van der Waals surface area (Å²) in [6.45, 7) is 0. The molecule has 0 atom stereocenters. The molecule has 0 aliphatic heterocycles. The summed E-state index contributed by atoms with van der Waals surface area (Å²) in [7, 11) is 0. The summed E-state index contributed by atoms with van der Waals surface area (Å²) in [5.41, 5.74) is -2.39. The van der Waals surface area contributed by atoms with E-state index in [0.717, 1.165) is 0 Å². The normalized spacial score (nSPS) is 31.1. The Balaban J connectivity index is 3.71. The lowest BCUT2D eigenvalue weighted by molar-refractivity contribution is -0.303. The lowest BCUT2D eigenvalue weighted by Gasteiger charge is -2.27. The summed E-state index contributed by atoms with van der Waals surface area (Å²) in [5, 5.41) is 0. The molecule has 0 aromatic rings. The molecule has 100 valence electrons. The van der Waals surface area contributed by atoms with Crippen molar-refractivity contribution in [2.24, 2.45) is 5.73 Å². The number of primary amides is 1. The molecule has 0 aromatic carbocycles. The molecule has 1 aliphatic carbocycles. The Labute approximate surface area is 86.5 Å². The minimum Gasteiger partial charge on any atom is -0.366 e. The van der Waals surface area contributed by atoms with Crippen LogP contribution in [0, 0.1) is 0 Å². The molecule has 2 nitrogen and oxygen atoms in total. The van der Waals surface area contributed by atoms with Gasteiger partial charge in [-0.3, -0.25) is 4.79 Å². The van der Waals surface area contributed by atoms with Crippen LogP contribution in [0.1, 0.15) is 0 Å². The van der Waals surface area contributed by atoms with Gasteiger partial charge in [0.2, 0.25) is 0 Å². The first-order valence-corrected chi connectivity index (χ1v) is 3.69. The topological polar surface area (TPSA) is 43.1 Å². The minimum atomic E-state index is -6.76. The zero-order chi connectivity index (χ0) is 14.1. The van der Waals surface area contributed by atoms with Crippen molar-refractivity contribution in [2.45, 2.75) is 29.4 Å². The van der Waals surface area contributed by atoms with E-state index < -0.39 is 35.3 Å². The highest BCUT2D eigenvalue weighted by Gasteiger charge is 3.02. The van der Waals surface area contributed by atoms with Crippen molar-refractivity contribution in [3.63, 3.8) is 0 Å². The fourth-order valence-corrected chi connectivity index (χ4v) is 1.33. The second-order valence-electron chi connectivity index (χ2n) is 3.32. The van der Waals surface area contributed by atoms with Crippen LogP contribution in [0.3, 0.4) is 0 Å². The minimum absolute atomic E-state index is 3.30. The van der Waals surface area contributed by atoms with Crippen LogP contribution >= 0.6 is 0 Å². The zero-order valence-electron chi connectivity index (χ0n) is 7.39. The highest BCUT2D eigenvalue weighted by molar-refractivity contribution is 5.87. The molecular weight excluding hydrogens is 273 g/mol. The van der Waals surface area contributed by atoms with E-state index in [0.29, 0.717) is 0 Å². The summed E-state index contributed by atoms with van der Waals surface area (Å²) in [5.74, 6) is -30.1. The Kier molecular flexibility index (Phi) is 2.29. The molecule has 0 aromatic heterocycles. The first-order valence-electron chi connectivity index (χ1n) is 3.69. The highest BCUT2D eigenvalue weighted by atomic mass is 19.4. The van der Waals surface area contributed by atoms with Crippen molar-refractivity contribution < 1.29 is 44.3 Å². The van der Waals surface area contributed by atoms with Crippen LogP contribution in [0.2, 0.25) is 0 Å². The zero-order valence-corrected chi connectivity index (χ0v) is 7.39. The van der Waals surface area contributed by atoms with Crippen LogP contribution in [-0.2, 0) is 4.79 Å². The van der Waals surface area contributed by atoms with Gasteiger partial charge < -0.3 is 5.73 Å². The number of carbonyl (C=O) groups is 1. The van der Waals surface area contributed by atoms with E-state index in [1.54, 1.807) is 0 Å². The van der Waals surface area contributed by atoms with Crippen LogP contribution in [0.5, 0.6) is 0 Å². The fraction of sp³-hybridized carbons (Fsp3) is 0.833. The summed E-state index contributed by atoms with van der Waals surface area (Å²) in [4.78, 5) is 10.2. The van der Waals surface area contributed by atoms with E-state index >= 15 is 0 Å². The molecule has 2 N–H and O–H groups in total. The molecule has 0 heterocycles. The predicted octanol–water partition coefficient (Wildman–Crippen LogP) is 1.73. The first kappa shape index (κ1) is 13.9. The van der Waals surface area contributed by atoms with Gasteiger partial charge in [-0.15, -0.1) is 0 Å². The summed E-state index contributed by atoms with van der Waals surface area (Å²) >= 11 is 0. The maximum Gasteiger partial charge on any atom is 0.382 e. The molecule has 0 saturated heterocycles. The molecule has 1 saturated carbocycles. The monoisotopic (exact) mass is 275 g/mol. The molecule has 1 aliphatic rings. The average molecular weight is 275 g/mol. The molecule has 0 spiro atoms. The number of hydrogen-bond donors (Lipinski definition) is 1. The Morgan fingerprint density at radius 1 is 0.647 bits per heavy atom. The predicted molar refractivity (Wildman–Crippen MR) is 32.8 cm³/mol. The van der Waals surface area contributed by atoms with Crippen molar-refractivity contribution in [2.75, 3.05) is 0 Å². The van der Waals surface area contributed by atoms with Gasteiger partial charge in [0, 0.05) is 0 Å². The Hall–Kier alpha value is -1.16. The van der Waals surface area contributed by atoms with E-state index in [4.69, 9.17) is 0 Å². The molecule has 0 bridgehead atoms. The molecule has 1 amide bonds. The van der Waals surface area contributed by atoms with Gasteiger partial charge in [-0.1, -0.05) is 0 Å². The maximum absolute atomic E-state index is 13.0. The van der Waals surface area contributed by atoms with Gasteiger partial charge in [0.15, 0.2) is 0 Å². The second kappa shape index (κ2) is 2.80. The SMILES string of the molecule is NC(=O)C1(F)C(F)(F)C(F)(F)C(F)(F)C1(F)F. The van der Waals surface area contributed by atoms with Crippen molar-refractivity contribution in [3.05, 3.63) is 0 Å². The Morgan fingerprint density at radius 3 is 1.00 bits per heavy atom. The van der Waals surface area contributed by atoms with E-state index in [9.17, 15) is 44.3 Å². The standard InChI is InChI=1S/C6H2F9NO/c7-2(1(16)17)3(8,9)5(12,13)6(14,15)4(2,10)11/h(H2,16,17). The van der Waals surface area contributed by atoms with Crippen molar-refractivity contribution in [3.8, 4) is 0 Å².